The fourth-order valence-electron chi connectivity index (χ4n) is 2.97. The summed E-state index contributed by atoms with van der Waals surface area (Å²) in [6, 6.07) is 0. The first-order valence-corrected chi connectivity index (χ1v) is 9.78. The second-order valence-corrected chi connectivity index (χ2v) is 8.87. The second-order valence-electron chi connectivity index (χ2n) is 6.45. The lowest BCUT2D eigenvalue weighted by atomic mass is 9.98. The minimum absolute atomic E-state index is 0.141. The van der Waals surface area contributed by atoms with Gasteiger partial charge in [-0.3, -0.25) is 10.00 Å². The molecular formula is C14H23ClN4O2S. The van der Waals surface area contributed by atoms with Crippen molar-refractivity contribution in [2.24, 2.45) is 5.92 Å². The maximum Gasteiger partial charge on any atom is 0.214 e. The first kappa shape index (κ1) is 16.2. The summed E-state index contributed by atoms with van der Waals surface area (Å²) in [5.74, 6) is 0.362. The van der Waals surface area contributed by atoms with Crippen LogP contribution in [-0.4, -0.2) is 48.4 Å². The number of rotatable bonds is 6. The van der Waals surface area contributed by atoms with E-state index in [0.29, 0.717) is 17.5 Å². The molecule has 22 heavy (non-hydrogen) atoms. The molecule has 1 aromatic heterocycles. The summed E-state index contributed by atoms with van der Waals surface area (Å²) in [6.45, 7) is 5.06. The molecule has 1 aromatic rings. The van der Waals surface area contributed by atoms with Crippen molar-refractivity contribution in [3.8, 4) is 0 Å². The number of H-pyrrole nitrogens is 1. The lowest BCUT2D eigenvalue weighted by Gasteiger charge is -2.32. The van der Waals surface area contributed by atoms with Crippen molar-refractivity contribution in [2.45, 2.75) is 44.4 Å². The Kier molecular flexibility index (Phi) is 4.77. The summed E-state index contributed by atoms with van der Waals surface area (Å²) >= 11 is 6.22. The maximum absolute atomic E-state index is 11.9. The summed E-state index contributed by atoms with van der Waals surface area (Å²) in [4.78, 5) is 2.31. The molecule has 3 rings (SSSR count). The zero-order valence-corrected chi connectivity index (χ0v) is 14.4. The number of sulfonamides is 1. The van der Waals surface area contributed by atoms with Gasteiger partial charge in [0.1, 0.15) is 0 Å². The number of hydrogen-bond donors (Lipinski definition) is 2. The van der Waals surface area contributed by atoms with Gasteiger partial charge in [0.25, 0.3) is 0 Å². The largest absolute Gasteiger partial charge is 0.297 e. The highest BCUT2D eigenvalue weighted by atomic mass is 35.5. The van der Waals surface area contributed by atoms with Crippen molar-refractivity contribution in [3.63, 3.8) is 0 Å². The van der Waals surface area contributed by atoms with Crippen molar-refractivity contribution in [2.75, 3.05) is 19.6 Å². The van der Waals surface area contributed by atoms with E-state index < -0.39 is 10.0 Å². The predicted octanol–water partition coefficient (Wildman–Crippen LogP) is 1.67. The van der Waals surface area contributed by atoms with Gasteiger partial charge in [0, 0.05) is 19.6 Å². The quantitative estimate of drug-likeness (QED) is 0.821. The molecule has 0 aromatic carbocycles. The van der Waals surface area contributed by atoms with Gasteiger partial charge in [0.15, 0.2) is 0 Å². The van der Waals surface area contributed by atoms with Crippen LogP contribution in [0.3, 0.4) is 0 Å². The topological polar surface area (TPSA) is 78.1 Å². The summed E-state index contributed by atoms with van der Waals surface area (Å²) < 4.78 is 26.6. The number of aryl methyl sites for hydroxylation is 1. The van der Waals surface area contributed by atoms with Crippen LogP contribution in [0.4, 0.5) is 0 Å². The van der Waals surface area contributed by atoms with Crippen LogP contribution in [0.15, 0.2) is 0 Å². The van der Waals surface area contributed by atoms with Crippen LogP contribution in [0.25, 0.3) is 0 Å². The molecule has 2 N–H and O–H groups in total. The number of halogens is 1. The molecule has 124 valence electrons. The van der Waals surface area contributed by atoms with E-state index in [1.54, 1.807) is 0 Å². The van der Waals surface area contributed by atoms with E-state index >= 15 is 0 Å². The summed E-state index contributed by atoms with van der Waals surface area (Å²) in [5.41, 5.74) is 1.76. The van der Waals surface area contributed by atoms with Gasteiger partial charge in [0.2, 0.25) is 10.0 Å². The molecular weight excluding hydrogens is 324 g/mol. The summed E-state index contributed by atoms with van der Waals surface area (Å²) in [5, 5.41) is 7.71. The molecule has 1 atom stereocenters. The van der Waals surface area contributed by atoms with E-state index in [9.17, 15) is 8.42 Å². The average molecular weight is 347 g/mol. The second kappa shape index (κ2) is 6.47. The van der Waals surface area contributed by atoms with Gasteiger partial charge < -0.3 is 0 Å². The smallest absolute Gasteiger partial charge is 0.214 e. The fourth-order valence-corrected chi connectivity index (χ4v) is 4.58. The third-order valence-corrected chi connectivity index (χ3v) is 6.87. The highest BCUT2D eigenvalue weighted by molar-refractivity contribution is 7.90. The molecule has 2 fully saturated rings. The molecule has 1 aliphatic carbocycles. The van der Waals surface area contributed by atoms with Crippen molar-refractivity contribution in [1.82, 2.24) is 19.8 Å². The van der Waals surface area contributed by atoms with Crippen molar-refractivity contribution in [1.29, 1.82) is 0 Å². The molecule has 0 spiro atoms. The van der Waals surface area contributed by atoms with Gasteiger partial charge in [-0.15, -0.1) is 0 Å². The number of nitrogens with one attached hydrogen (secondary N) is 2. The Morgan fingerprint density at radius 1 is 1.41 bits per heavy atom. The molecule has 1 saturated carbocycles. The summed E-state index contributed by atoms with van der Waals surface area (Å²) in [7, 11) is -3.07. The van der Waals surface area contributed by atoms with Gasteiger partial charge in [-0.1, -0.05) is 11.6 Å². The Hall–Kier alpha value is -0.630. The third-order valence-electron chi connectivity index (χ3n) is 4.45. The van der Waals surface area contributed by atoms with E-state index in [2.05, 4.69) is 19.8 Å². The van der Waals surface area contributed by atoms with E-state index in [-0.39, 0.29) is 5.25 Å². The lowest BCUT2D eigenvalue weighted by Crippen LogP contribution is -2.41. The van der Waals surface area contributed by atoms with E-state index in [0.717, 1.165) is 56.7 Å². The number of piperidine rings is 1. The molecule has 2 aliphatic rings. The van der Waals surface area contributed by atoms with Crippen molar-refractivity contribution >= 4 is 21.6 Å². The van der Waals surface area contributed by atoms with Gasteiger partial charge in [-0.05, 0) is 45.1 Å². The monoisotopic (exact) mass is 346 g/mol. The highest BCUT2D eigenvalue weighted by Crippen LogP contribution is 2.28. The minimum Gasteiger partial charge on any atom is -0.297 e. The fraction of sp³-hybridized carbons (Fsp3) is 0.786. The SMILES string of the molecule is Cc1[nH]nc(CN2CCCC(CNS(=O)(=O)C3CC3)C2)c1Cl. The first-order chi connectivity index (χ1) is 10.5. The Labute approximate surface area is 136 Å². The first-order valence-electron chi connectivity index (χ1n) is 7.86. The number of aromatic amines is 1. The Bertz CT molecular complexity index is 627. The van der Waals surface area contributed by atoms with Crippen LogP contribution in [0.5, 0.6) is 0 Å². The molecule has 0 bridgehead atoms. The van der Waals surface area contributed by atoms with Crippen LogP contribution in [0, 0.1) is 12.8 Å². The zero-order chi connectivity index (χ0) is 15.7. The number of likely N-dealkylation sites (tertiary alicyclic amines) is 1. The van der Waals surface area contributed by atoms with E-state index in [1.165, 1.54) is 0 Å². The van der Waals surface area contributed by atoms with E-state index in [1.807, 2.05) is 6.92 Å². The highest BCUT2D eigenvalue weighted by Gasteiger charge is 2.36. The predicted molar refractivity (Wildman–Crippen MR) is 86.3 cm³/mol. The molecule has 1 saturated heterocycles. The Balaban J connectivity index is 1.52. The maximum atomic E-state index is 11.9. The average Bonchev–Trinajstić information content (AvgIpc) is 3.30. The molecule has 1 unspecified atom stereocenters. The molecule has 6 nitrogen and oxygen atoms in total. The summed E-state index contributed by atoms with van der Waals surface area (Å²) in [6.07, 6.45) is 3.76. The number of hydrogen-bond acceptors (Lipinski definition) is 4. The molecule has 0 amide bonds. The third kappa shape index (κ3) is 3.82. The molecule has 1 aliphatic heterocycles. The van der Waals surface area contributed by atoms with Crippen LogP contribution in [0.2, 0.25) is 5.02 Å². The van der Waals surface area contributed by atoms with Crippen LogP contribution in [0.1, 0.15) is 37.1 Å². The standard InChI is InChI=1S/C14H23ClN4O2S/c1-10-14(15)13(18-17-10)9-19-6-2-3-11(8-19)7-16-22(20,21)12-4-5-12/h11-12,16H,2-9H2,1H3,(H,17,18). The van der Waals surface area contributed by atoms with Crippen LogP contribution < -0.4 is 4.72 Å². The van der Waals surface area contributed by atoms with Crippen LogP contribution >= 0.6 is 11.6 Å². The minimum atomic E-state index is -3.07. The van der Waals surface area contributed by atoms with Crippen molar-refractivity contribution < 1.29 is 8.42 Å². The van der Waals surface area contributed by atoms with Crippen LogP contribution in [-0.2, 0) is 16.6 Å². The molecule has 0 radical (unpaired) electrons. The van der Waals surface area contributed by atoms with Gasteiger partial charge in [0.05, 0.1) is 21.7 Å². The molecule has 8 heteroatoms. The number of aromatic nitrogens is 2. The zero-order valence-electron chi connectivity index (χ0n) is 12.8. The lowest BCUT2D eigenvalue weighted by molar-refractivity contribution is 0.167. The van der Waals surface area contributed by atoms with Gasteiger partial charge in [-0.25, -0.2) is 13.1 Å². The normalized spacial score (nSPS) is 23.8. The molecule has 2 heterocycles. The number of nitrogens with zero attached hydrogens (tertiary/aromatic N) is 2. The Morgan fingerprint density at radius 2 is 2.18 bits per heavy atom. The van der Waals surface area contributed by atoms with Gasteiger partial charge in [-0.2, -0.15) is 5.10 Å². The van der Waals surface area contributed by atoms with Crippen molar-refractivity contribution in [3.05, 3.63) is 16.4 Å². The Morgan fingerprint density at radius 3 is 2.82 bits per heavy atom. The van der Waals surface area contributed by atoms with Gasteiger partial charge >= 0.3 is 0 Å². The van der Waals surface area contributed by atoms with E-state index in [4.69, 9.17) is 11.6 Å².